The quantitative estimate of drug-likeness (QED) is 0.212. The Kier molecular flexibility index (Phi) is 7.13. The van der Waals surface area contributed by atoms with E-state index in [0.29, 0.717) is 12.3 Å². The van der Waals surface area contributed by atoms with Crippen LogP contribution in [0.5, 0.6) is 0 Å². The van der Waals surface area contributed by atoms with Gasteiger partial charge in [-0.1, -0.05) is 47.1 Å². The van der Waals surface area contributed by atoms with Crippen molar-refractivity contribution < 1.29 is 24.4 Å². The van der Waals surface area contributed by atoms with Gasteiger partial charge in [0.15, 0.2) is 5.78 Å². The molecule has 0 spiro atoms. The summed E-state index contributed by atoms with van der Waals surface area (Å²) in [5.74, 6) is 0.394. The molecule has 7 heteroatoms. The van der Waals surface area contributed by atoms with Crippen molar-refractivity contribution in [1.82, 2.24) is 0 Å². The van der Waals surface area contributed by atoms with Crippen LogP contribution < -0.4 is 0 Å². The molecule has 0 radical (unpaired) electrons. The number of benzene rings is 1. The Morgan fingerprint density at radius 3 is 2.27 bits per heavy atom. The third-order valence-electron chi connectivity index (χ3n) is 14.6. The van der Waals surface area contributed by atoms with E-state index < -0.39 is 10.3 Å². The van der Waals surface area contributed by atoms with Crippen LogP contribution in [0.25, 0.3) is 0 Å². The van der Waals surface area contributed by atoms with Crippen LogP contribution in [0.1, 0.15) is 112 Å². The van der Waals surface area contributed by atoms with E-state index in [4.69, 9.17) is 4.74 Å². The number of aliphatic hydroxyl groups excluding tert-OH is 1. The predicted octanol–water partition coefficient (Wildman–Crippen LogP) is 7.98. The van der Waals surface area contributed by atoms with Crippen LogP contribution in [0.15, 0.2) is 35.9 Å². The number of nitro benzene ring substituents is 1. The van der Waals surface area contributed by atoms with Crippen LogP contribution in [-0.4, -0.2) is 27.9 Å². The van der Waals surface area contributed by atoms with Crippen LogP contribution in [0.2, 0.25) is 0 Å². The fraction of sp³-hybridized carbons (Fsp3) is 0.730. The zero-order valence-electron chi connectivity index (χ0n) is 27.7. The van der Waals surface area contributed by atoms with Crippen molar-refractivity contribution in [3.05, 3.63) is 51.6 Å². The monoisotopic (exact) mass is 605 g/mol. The highest BCUT2D eigenvalue weighted by Gasteiger charge is 2.70. The molecule has 7 nitrogen and oxygen atoms in total. The van der Waals surface area contributed by atoms with Gasteiger partial charge in [-0.05, 0) is 127 Å². The molecule has 0 saturated heterocycles. The molecule has 1 aromatic rings. The van der Waals surface area contributed by atoms with Gasteiger partial charge in [-0.3, -0.25) is 19.7 Å². The zero-order chi connectivity index (χ0) is 32.1. The van der Waals surface area contributed by atoms with Gasteiger partial charge >= 0.3 is 5.97 Å². The topological polar surface area (TPSA) is 107 Å². The summed E-state index contributed by atoms with van der Waals surface area (Å²) in [4.78, 5) is 38.8. The van der Waals surface area contributed by atoms with Gasteiger partial charge < -0.3 is 9.84 Å². The van der Waals surface area contributed by atoms with Crippen molar-refractivity contribution in [2.24, 2.45) is 50.2 Å². The molecule has 4 fully saturated rings. The van der Waals surface area contributed by atoms with Gasteiger partial charge in [0.2, 0.25) is 0 Å². The molecule has 0 bridgehead atoms. The highest BCUT2D eigenvalue weighted by molar-refractivity contribution is 5.95. The summed E-state index contributed by atoms with van der Waals surface area (Å²) in [5.41, 5.74) is 0.683. The molecule has 4 saturated carbocycles. The normalized spacial score (nSPS) is 44.3. The number of esters is 1. The summed E-state index contributed by atoms with van der Waals surface area (Å²) in [6, 6.07) is 6.14. The minimum Gasteiger partial charge on any atom is -0.460 e. The summed E-state index contributed by atoms with van der Waals surface area (Å²) in [6.07, 6.45) is 9.79. The average molecular weight is 606 g/mol. The smallest absolute Gasteiger partial charge is 0.312 e. The molecule has 0 heterocycles. The number of allylic oxidation sites excluding steroid dienone is 2. The lowest BCUT2D eigenvalue weighted by Gasteiger charge is -2.70. The second-order valence-corrected chi connectivity index (χ2v) is 17.1. The molecule has 1 N–H and O–H groups in total. The van der Waals surface area contributed by atoms with Crippen LogP contribution in [0.4, 0.5) is 5.69 Å². The van der Waals surface area contributed by atoms with Crippen molar-refractivity contribution in [2.45, 2.75) is 119 Å². The number of carbonyl (C=O) groups excluding carboxylic acids is 2. The van der Waals surface area contributed by atoms with E-state index in [1.807, 2.05) is 13.0 Å². The molecular weight excluding hydrogens is 554 g/mol. The Balaban J connectivity index is 1.29. The molecule has 240 valence electrons. The van der Waals surface area contributed by atoms with Gasteiger partial charge in [0, 0.05) is 18.1 Å². The van der Waals surface area contributed by atoms with Gasteiger partial charge in [0.25, 0.3) is 5.69 Å². The van der Waals surface area contributed by atoms with E-state index in [9.17, 15) is 24.8 Å². The van der Waals surface area contributed by atoms with Crippen molar-refractivity contribution in [3.8, 4) is 0 Å². The number of aliphatic hydroxyl groups is 1. The Morgan fingerprint density at radius 2 is 1.61 bits per heavy atom. The van der Waals surface area contributed by atoms with Crippen molar-refractivity contribution in [3.63, 3.8) is 0 Å². The number of rotatable bonds is 4. The molecule has 0 amide bonds. The third kappa shape index (κ3) is 4.30. The van der Waals surface area contributed by atoms with Gasteiger partial charge in [0.05, 0.1) is 16.4 Å². The predicted molar refractivity (Wildman–Crippen MR) is 168 cm³/mol. The van der Waals surface area contributed by atoms with E-state index in [0.717, 1.165) is 56.9 Å². The highest BCUT2D eigenvalue weighted by Crippen LogP contribution is 2.75. The molecule has 5 aliphatic carbocycles. The average Bonchev–Trinajstić information content (AvgIpc) is 2.96. The van der Waals surface area contributed by atoms with E-state index in [2.05, 4.69) is 41.5 Å². The van der Waals surface area contributed by atoms with Crippen molar-refractivity contribution in [2.75, 3.05) is 0 Å². The molecule has 0 unspecified atom stereocenters. The van der Waals surface area contributed by atoms with Crippen molar-refractivity contribution in [1.29, 1.82) is 0 Å². The van der Waals surface area contributed by atoms with Gasteiger partial charge in [0.1, 0.15) is 6.61 Å². The second kappa shape index (κ2) is 9.98. The maximum absolute atomic E-state index is 14.5. The Bertz CT molecular complexity index is 1420. The van der Waals surface area contributed by atoms with Crippen LogP contribution >= 0.6 is 0 Å². The first-order chi connectivity index (χ1) is 20.4. The van der Waals surface area contributed by atoms with E-state index in [1.165, 1.54) is 17.7 Å². The van der Waals surface area contributed by atoms with E-state index >= 15 is 0 Å². The Morgan fingerprint density at radius 1 is 0.955 bits per heavy atom. The zero-order valence-corrected chi connectivity index (χ0v) is 27.7. The van der Waals surface area contributed by atoms with Crippen LogP contribution in [-0.2, 0) is 20.9 Å². The first kappa shape index (κ1) is 31.4. The largest absolute Gasteiger partial charge is 0.460 e. The molecule has 6 rings (SSSR count). The fourth-order valence-electron chi connectivity index (χ4n) is 11.4. The Labute approximate surface area is 262 Å². The van der Waals surface area contributed by atoms with E-state index in [1.54, 1.807) is 12.1 Å². The summed E-state index contributed by atoms with van der Waals surface area (Å²) < 4.78 is 5.86. The summed E-state index contributed by atoms with van der Waals surface area (Å²) >= 11 is 0. The van der Waals surface area contributed by atoms with Gasteiger partial charge in [-0.15, -0.1) is 0 Å². The Hall–Kier alpha value is -2.54. The summed E-state index contributed by atoms with van der Waals surface area (Å²) in [6.45, 7) is 16.0. The maximum atomic E-state index is 14.5. The lowest BCUT2D eigenvalue weighted by Crippen LogP contribution is -2.66. The number of hydrogen-bond acceptors (Lipinski definition) is 6. The minimum atomic E-state index is -0.669. The number of nitro groups is 1. The molecule has 0 aliphatic heterocycles. The maximum Gasteiger partial charge on any atom is 0.312 e. The molecular formula is C37H51NO6. The van der Waals surface area contributed by atoms with Crippen LogP contribution in [0, 0.1) is 60.4 Å². The lowest BCUT2D eigenvalue weighted by molar-refractivity contribution is -0.384. The first-order valence-electron chi connectivity index (χ1n) is 16.8. The SMILES string of the molecule is CC1(C)[C@@H](O)CC[C@]2(C)[C@H]3C(=O)C=C4[C@@H]5C[C@@](C)(C(=O)OCc6ccc([N+](=O)[O-])cc6)CC[C@]5(C)CC[C@@]4(C)[C@]3(C)CC[C@@H]12. The molecule has 9 atom stereocenters. The number of non-ortho nitro benzene ring substituents is 1. The lowest BCUT2D eigenvalue weighted by atomic mass is 9.33. The van der Waals surface area contributed by atoms with E-state index in [-0.39, 0.29) is 69.1 Å². The first-order valence-corrected chi connectivity index (χ1v) is 16.8. The molecule has 5 aliphatic rings. The number of ketones is 1. The second-order valence-electron chi connectivity index (χ2n) is 17.1. The molecule has 0 aromatic heterocycles. The number of carbonyl (C=O) groups is 2. The standard InChI is InChI=1S/C37H51NO6/c1-32(2)28-12-15-37(7)30(35(28,5)14-13-29(32)40)27(39)20-25-26-21-34(4,17-16-33(26,3)18-19-36(25,37)6)31(41)44-22-23-8-10-24(11-9-23)38(42)43/h8-11,20,26,28-30,40H,12-19,21-22H2,1-7H3/t26-,28-,29-,30+,33+,34-,35-,36+,37+/m0/s1. The number of fused-ring (bicyclic) bond motifs is 7. The van der Waals surface area contributed by atoms with Gasteiger partial charge in [-0.2, -0.15) is 0 Å². The summed E-state index contributed by atoms with van der Waals surface area (Å²) in [7, 11) is 0. The minimum absolute atomic E-state index is 0.0115. The third-order valence-corrected chi connectivity index (χ3v) is 14.6. The molecule has 44 heavy (non-hydrogen) atoms. The highest BCUT2D eigenvalue weighted by atomic mass is 16.6. The van der Waals surface area contributed by atoms with Crippen molar-refractivity contribution >= 4 is 17.4 Å². The van der Waals surface area contributed by atoms with Crippen LogP contribution in [0.3, 0.4) is 0 Å². The van der Waals surface area contributed by atoms with Gasteiger partial charge in [-0.25, -0.2) is 0 Å². The fourth-order valence-corrected chi connectivity index (χ4v) is 11.4. The number of hydrogen-bond donors (Lipinski definition) is 1. The molecule has 1 aromatic carbocycles. The summed E-state index contributed by atoms with van der Waals surface area (Å²) in [5, 5.41) is 22.0. The number of ether oxygens (including phenoxy) is 1. The number of nitrogens with zero attached hydrogens (tertiary/aromatic N) is 1.